The number of rotatable bonds is 0. The summed E-state index contributed by atoms with van der Waals surface area (Å²) in [5, 5.41) is 0. The van der Waals surface area contributed by atoms with E-state index in [2.05, 4.69) is 32.7 Å². The molecule has 0 atom stereocenters. The van der Waals surface area contributed by atoms with E-state index in [1.807, 2.05) is 0 Å². The molecule has 0 aliphatic heterocycles. The van der Waals surface area contributed by atoms with Crippen molar-refractivity contribution >= 4 is 0 Å². The molecular weight excluding hydrogens is 110 g/mol. The van der Waals surface area contributed by atoms with Crippen LogP contribution in [0.1, 0.15) is 22.5 Å². The van der Waals surface area contributed by atoms with Crippen molar-refractivity contribution < 1.29 is 0 Å². The summed E-state index contributed by atoms with van der Waals surface area (Å²) < 4.78 is 0. The number of H-pyrrole nitrogens is 1. The minimum absolute atomic E-state index is 1.30. The average Bonchev–Trinajstić information content (AvgIpc) is 1.98. The van der Waals surface area contributed by atoms with Crippen LogP contribution < -0.4 is 0 Å². The number of hydrogen-bond donors (Lipinski definition) is 1. The Kier molecular flexibility index (Phi) is 1.35. The van der Waals surface area contributed by atoms with E-state index in [4.69, 9.17) is 0 Å². The van der Waals surface area contributed by atoms with Crippen molar-refractivity contribution in [2.75, 3.05) is 0 Å². The van der Waals surface area contributed by atoms with Gasteiger partial charge in [0.15, 0.2) is 0 Å². The van der Waals surface area contributed by atoms with Gasteiger partial charge in [0.1, 0.15) is 0 Å². The standard InChI is InChI=1S/C8H13N/c1-5-6(2)8(4)9-7(5)3/h9H,1-4H3. The highest BCUT2D eigenvalue weighted by Crippen LogP contribution is 2.14. The van der Waals surface area contributed by atoms with Gasteiger partial charge < -0.3 is 4.98 Å². The van der Waals surface area contributed by atoms with Gasteiger partial charge in [-0.2, -0.15) is 0 Å². The third kappa shape index (κ3) is 0.869. The summed E-state index contributed by atoms with van der Waals surface area (Å²) in [7, 11) is 0. The largest absolute Gasteiger partial charge is 0.362 e. The van der Waals surface area contributed by atoms with Crippen molar-refractivity contribution in [1.29, 1.82) is 0 Å². The summed E-state index contributed by atoms with van der Waals surface area (Å²) in [5.74, 6) is 0. The lowest BCUT2D eigenvalue weighted by Crippen LogP contribution is -1.73. The SMILES string of the molecule is Cc1[nH]c(C)c(C)c1C. The van der Waals surface area contributed by atoms with E-state index in [-0.39, 0.29) is 0 Å². The molecule has 0 aliphatic carbocycles. The smallest absolute Gasteiger partial charge is 0.0150 e. The van der Waals surface area contributed by atoms with Crippen LogP contribution in [-0.2, 0) is 0 Å². The van der Waals surface area contributed by atoms with E-state index in [9.17, 15) is 0 Å². The van der Waals surface area contributed by atoms with Crippen LogP contribution in [0.2, 0.25) is 0 Å². The molecule has 0 unspecified atom stereocenters. The summed E-state index contributed by atoms with van der Waals surface area (Å²) >= 11 is 0. The molecule has 0 radical (unpaired) electrons. The fourth-order valence-corrected chi connectivity index (χ4v) is 1.03. The average molecular weight is 123 g/mol. The van der Waals surface area contributed by atoms with Crippen LogP contribution in [0, 0.1) is 27.7 Å². The molecule has 0 fully saturated rings. The molecule has 1 nitrogen and oxygen atoms in total. The Labute approximate surface area is 56.1 Å². The number of aryl methyl sites for hydroxylation is 2. The molecule has 50 valence electrons. The first kappa shape index (κ1) is 6.40. The third-order valence-electron chi connectivity index (χ3n) is 2.06. The topological polar surface area (TPSA) is 15.8 Å². The Morgan fingerprint density at radius 3 is 1.22 bits per heavy atom. The zero-order chi connectivity index (χ0) is 7.02. The zero-order valence-corrected chi connectivity index (χ0v) is 6.50. The molecule has 0 aliphatic rings. The van der Waals surface area contributed by atoms with Gasteiger partial charge in [0.05, 0.1) is 0 Å². The first-order chi connectivity index (χ1) is 4.13. The Hall–Kier alpha value is -0.720. The van der Waals surface area contributed by atoms with Gasteiger partial charge in [0, 0.05) is 11.4 Å². The quantitative estimate of drug-likeness (QED) is 0.544. The number of hydrogen-bond acceptors (Lipinski definition) is 0. The molecule has 1 rings (SSSR count). The maximum absolute atomic E-state index is 3.28. The van der Waals surface area contributed by atoms with Crippen LogP contribution in [0.15, 0.2) is 0 Å². The van der Waals surface area contributed by atoms with Gasteiger partial charge in [-0.3, -0.25) is 0 Å². The van der Waals surface area contributed by atoms with Gasteiger partial charge in [-0.25, -0.2) is 0 Å². The molecule has 1 N–H and O–H groups in total. The van der Waals surface area contributed by atoms with Crippen LogP contribution in [0.25, 0.3) is 0 Å². The van der Waals surface area contributed by atoms with E-state index >= 15 is 0 Å². The summed E-state index contributed by atoms with van der Waals surface area (Å²) in [6, 6.07) is 0. The summed E-state index contributed by atoms with van der Waals surface area (Å²) in [5.41, 5.74) is 5.38. The second-order valence-electron chi connectivity index (χ2n) is 2.62. The van der Waals surface area contributed by atoms with Crippen molar-refractivity contribution in [3.63, 3.8) is 0 Å². The normalized spacial score (nSPS) is 10.2. The molecule has 0 spiro atoms. The van der Waals surface area contributed by atoms with Gasteiger partial charge in [-0.1, -0.05) is 0 Å². The van der Waals surface area contributed by atoms with Crippen molar-refractivity contribution in [3.8, 4) is 0 Å². The van der Waals surface area contributed by atoms with E-state index in [1.165, 1.54) is 22.5 Å². The maximum Gasteiger partial charge on any atom is 0.0150 e. The van der Waals surface area contributed by atoms with E-state index in [0.717, 1.165) is 0 Å². The molecule has 0 aromatic carbocycles. The molecular formula is C8H13N. The highest BCUT2D eigenvalue weighted by molar-refractivity contribution is 5.32. The number of aromatic amines is 1. The fourth-order valence-electron chi connectivity index (χ4n) is 1.03. The Morgan fingerprint density at radius 1 is 0.778 bits per heavy atom. The lowest BCUT2D eigenvalue weighted by atomic mass is 10.2. The molecule has 1 heterocycles. The van der Waals surface area contributed by atoms with Gasteiger partial charge in [0.2, 0.25) is 0 Å². The first-order valence-electron chi connectivity index (χ1n) is 3.25. The number of aromatic nitrogens is 1. The van der Waals surface area contributed by atoms with Gasteiger partial charge in [-0.15, -0.1) is 0 Å². The molecule has 1 aromatic heterocycles. The van der Waals surface area contributed by atoms with Crippen LogP contribution in [-0.4, -0.2) is 4.98 Å². The zero-order valence-electron chi connectivity index (χ0n) is 6.50. The molecule has 0 saturated heterocycles. The Bertz CT molecular complexity index is 198. The lowest BCUT2D eigenvalue weighted by Gasteiger charge is -1.88. The summed E-state index contributed by atoms with van der Waals surface area (Å²) in [6.45, 7) is 8.51. The lowest BCUT2D eigenvalue weighted by molar-refractivity contribution is 1.17. The third-order valence-corrected chi connectivity index (χ3v) is 2.06. The van der Waals surface area contributed by atoms with Gasteiger partial charge in [-0.05, 0) is 38.8 Å². The van der Waals surface area contributed by atoms with Gasteiger partial charge >= 0.3 is 0 Å². The Morgan fingerprint density at radius 2 is 1.11 bits per heavy atom. The van der Waals surface area contributed by atoms with Crippen LogP contribution in [0.5, 0.6) is 0 Å². The van der Waals surface area contributed by atoms with Crippen LogP contribution >= 0.6 is 0 Å². The van der Waals surface area contributed by atoms with Crippen LogP contribution in [0.3, 0.4) is 0 Å². The molecule has 0 amide bonds. The van der Waals surface area contributed by atoms with E-state index in [0.29, 0.717) is 0 Å². The van der Waals surface area contributed by atoms with Crippen molar-refractivity contribution in [1.82, 2.24) is 4.98 Å². The maximum atomic E-state index is 3.28. The highest BCUT2D eigenvalue weighted by Gasteiger charge is 2.00. The van der Waals surface area contributed by atoms with E-state index in [1.54, 1.807) is 0 Å². The van der Waals surface area contributed by atoms with Crippen LogP contribution in [0.4, 0.5) is 0 Å². The fraction of sp³-hybridized carbons (Fsp3) is 0.500. The highest BCUT2D eigenvalue weighted by atomic mass is 14.7. The number of nitrogens with one attached hydrogen (secondary N) is 1. The minimum atomic E-state index is 1.30. The van der Waals surface area contributed by atoms with Crippen molar-refractivity contribution in [2.45, 2.75) is 27.7 Å². The predicted molar refractivity (Wildman–Crippen MR) is 39.7 cm³/mol. The van der Waals surface area contributed by atoms with Crippen molar-refractivity contribution in [2.24, 2.45) is 0 Å². The first-order valence-corrected chi connectivity index (χ1v) is 3.25. The predicted octanol–water partition coefficient (Wildman–Crippen LogP) is 2.25. The monoisotopic (exact) mass is 123 g/mol. The second-order valence-corrected chi connectivity index (χ2v) is 2.62. The molecule has 1 heteroatoms. The minimum Gasteiger partial charge on any atom is -0.362 e. The van der Waals surface area contributed by atoms with Crippen molar-refractivity contribution in [3.05, 3.63) is 22.5 Å². The second kappa shape index (κ2) is 1.90. The molecule has 0 bridgehead atoms. The molecule has 9 heavy (non-hydrogen) atoms. The Balaban J connectivity index is 3.29. The van der Waals surface area contributed by atoms with Gasteiger partial charge in [0.25, 0.3) is 0 Å². The summed E-state index contributed by atoms with van der Waals surface area (Å²) in [4.78, 5) is 3.28. The van der Waals surface area contributed by atoms with E-state index < -0.39 is 0 Å². The molecule has 0 saturated carbocycles. The summed E-state index contributed by atoms with van der Waals surface area (Å²) in [6.07, 6.45) is 0. The molecule has 1 aromatic rings.